The molecule has 0 aliphatic rings. The minimum atomic E-state index is -4.29. The number of benzene rings is 3. The van der Waals surface area contributed by atoms with E-state index in [-0.39, 0.29) is 5.92 Å². The number of nitrogens with zero attached hydrogens (tertiary/aromatic N) is 1. The Balaban J connectivity index is 1.65. The lowest BCUT2D eigenvalue weighted by Gasteiger charge is -2.24. The molecule has 0 saturated carbocycles. The zero-order valence-corrected chi connectivity index (χ0v) is 16.6. The maximum atomic E-state index is 12.8. The van der Waals surface area contributed by atoms with E-state index in [1.54, 1.807) is 12.1 Å². The molecule has 0 unspecified atom stereocenters. The third kappa shape index (κ3) is 6.47. The van der Waals surface area contributed by atoms with Crippen molar-refractivity contribution < 1.29 is 13.2 Å². The average Bonchev–Trinajstić information content (AvgIpc) is 2.73. The highest BCUT2D eigenvalue weighted by Crippen LogP contribution is 2.30. The van der Waals surface area contributed by atoms with Gasteiger partial charge in [0.1, 0.15) is 0 Å². The van der Waals surface area contributed by atoms with Gasteiger partial charge in [0, 0.05) is 13.1 Å². The quantitative estimate of drug-likeness (QED) is 0.399. The summed E-state index contributed by atoms with van der Waals surface area (Å²) >= 11 is 0. The van der Waals surface area contributed by atoms with Gasteiger partial charge in [-0.3, -0.25) is 4.90 Å². The summed E-state index contributed by atoms with van der Waals surface area (Å²) < 4.78 is 38.3. The van der Waals surface area contributed by atoms with Crippen molar-refractivity contribution in [1.82, 2.24) is 4.90 Å². The topological polar surface area (TPSA) is 3.24 Å². The SMILES string of the molecule is C[C@H](CCN(Cc1ccccc1)Cc1ccccc1)c1ccc(C(F)(F)F)cc1. The van der Waals surface area contributed by atoms with E-state index < -0.39 is 11.7 Å². The number of halogens is 3. The molecule has 4 heteroatoms. The molecule has 0 N–H and O–H groups in total. The van der Waals surface area contributed by atoms with Crippen LogP contribution in [0.3, 0.4) is 0 Å². The lowest BCUT2D eigenvalue weighted by atomic mass is 9.96. The molecule has 3 rings (SSSR count). The van der Waals surface area contributed by atoms with E-state index in [4.69, 9.17) is 0 Å². The summed E-state index contributed by atoms with van der Waals surface area (Å²) in [6.07, 6.45) is -3.41. The van der Waals surface area contributed by atoms with Gasteiger partial charge in [-0.2, -0.15) is 13.2 Å². The van der Waals surface area contributed by atoms with Gasteiger partial charge >= 0.3 is 6.18 Å². The van der Waals surface area contributed by atoms with E-state index in [1.165, 1.54) is 23.3 Å². The second kappa shape index (κ2) is 9.75. The first kappa shape index (κ1) is 21.1. The van der Waals surface area contributed by atoms with E-state index in [9.17, 15) is 13.2 Å². The smallest absolute Gasteiger partial charge is 0.295 e. The Kier molecular flexibility index (Phi) is 7.10. The van der Waals surface area contributed by atoms with E-state index in [0.29, 0.717) is 0 Å². The van der Waals surface area contributed by atoms with Gasteiger partial charge in [0.25, 0.3) is 0 Å². The molecule has 0 fully saturated rings. The number of hydrogen-bond donors (Lipinski definition) is 0. The lowest BCUT2D eigenvalue weighted by molar-refractivity contribution is -0.137. The second-order valence-electron chi connectivity index (χ2n) is 7.49. The van der Waals surface area contributed by atoms with Gasteiger partial charge in [-0.1, -0.05) is 79.7 Å². The maximum absolute atomic E-state index is 12.8. The summed E-state index contributed by atoms with van der Waals surface area (Å²) in [5.74, 6) is 0.186. The van der Waals surface area contributed by atoms with Crippen molar-refractivity contribution in [3.63, 3.8) is 0 Å². The fourth-order valence-corrected chi connectivity index (χ4v) is 3.44. The van der Waals surface area contributed by atoms with Crippen LogP contribution in [0.15, 0.2) is 84.9 Å². The van der Waals surface area contributed by atoms with Gasteiger partial charge in [-0.25, -0.2) is 0 Å². The molecule has 1 nitrogen and oxygen atoms in total. The van der Waals surface area contributed by atoms with Gasteiger partial charge in [-0.15, -0.1) is 0 Å². The van der Waals surface area contributed by atoms with Gasteiger partial charge in [0.15, 0.2) is 0 Å². The third-order valence-corrected chi connectivity index (χ3v) is 5.18. The van der Waals surface area contributed by atoms with Crippen LogP contribution in [-0.2, 0) is 19.3 Å². The maximum Gasteiger partial charge on any atom is 0.416 e. The fourth-order valence-electron chi connectivity index (χ4n) is 3.44. The van der Waals surface area contributed by atoms with Gasteiger partial charge in [0.2, 0.25) is 0 Å². The second-order valence-corrected chi connectivity index (χ2v) is 7.49. The first-order chi connectivity index (χ1) is 13.9. The van der Waals surface area contributed by atoms with E-state index in [2.05, 4.69) is 36.1 Å². The zero-order valence-electron chi connectivity index (χ0n) is 16.6. The summed E-state index contributed by atoms with van der Waals surface area (Å²) in [6, 6.07) is 26.2. The largest absolute Gasteiger partial charge is 0.416 e. The normalized spacial score (nSPS) is 12.9. The van der Waals surface area contributed by atoms with Crippen LogP contribution >= 0.6 is 0 Å². The van der Waals surface area contributed by atoms with Crippen LogP contribution in [-0.4, -0.2) is 11.4 Å². The third-order valence-electron chi connectivity index (χ3n) is 5.18. The first-order valence-corrected chi connectivity index (χ1v) is 9.89. The summed E-state index contributed by atoms with van der Waals surface area (Å²) in [5, 5.41) is 0. The van der Waals surface area contributed by atoms with Crippen LogP contribution in [0.5, 0.6) is 0 Å². The summed E-state index contributed by atoms with van der Waals surface area (Å²) in [4.78, 5) is 2.39. The van der Waals surface area contributed by atoms with Crippen LogP contribution in [0, 0.1) is 0 Å². The average molecular weight is 397 g/mol. The van der Waals surface area contributed by atoms with Crippen LogP contribution in [0.2, 0.25) is 0 Å². The molecule has 0 aromatic heterocycles. The minimum Gasteiger partial charge on any atom is -0.295 e. The Hall–Kier alpha value is -2.59. The highest BCUT2D eigenvalue weighted by Gasteiger charge is 2.30. The van der Waals surface area contributed by atoms with Crippen LogP contribution in [0.4, 0.5) is 13.2 Å². The van der Waals surface area contributed by atoms with Gasteiger partial charge in [-0.05, 0) is 47.7 Å². The Morgan fingerprint density at radius 2 is 1.21 bits per heavy atom. The van der Waals surface area contributed by atoms with Crippen LogP contribution < -0.4 is 0 Å². The molecule has 0 radical (unpaired) electrons. The van der Waals surface area contributed by atoms with Crippen molar-refractivity contribution in [2.24, 2.45) is 0 Å². The Bertz CT molecular complexity index is 817. The molecule has 1 atom stereocenters. The predicted octanol–water partition coefficient (Wildman–Crippen LogP) is 6.90. The monoisotopic (exact) mass is 397 g/mol. The molecule has 0 heterocycles. The van der Waals surface area contributed by atoms with Crippen molar-refractivity contribution >= 4 is 0 Å². The molecule has 3 aromatic carbocycles. The molecule has 152 valence electrons. The molecule has 0 aliphatic carbocycles. The van der Waals surface area contributed by atoms with E-state index >= 15 is 0 Å². The Labute approximate surface area is 170 Å². The standard InChI is InChI=1S/C25H26F3N/c1-20(23-12-14-24(15-13-23)25(26,27)28)16-17-29(18-21-8-4-2-5-9-21)19-22-10-6-3-7-11-22/h2-15,20H,16-19H2,1H3/t20-/m1/s1. The van der Waals surface area contributed by atoms with Gasteiger partial charge < -0.3 is 0 Å². The highest BCUT2D eigenvalue weighted by molar-refractivity contribution is 5.27. The summed E-state index contributed by atoms with van der Waals surface area (Å²) in [5.41, 5.74) is 2.86. The zero-order chi connectivity index (χ0) is 20.7. The highest BCUT2D eigenvalue weighted by atomic mass is 19.4. The lowest BCUT2D eigenvalue weighted by Crippen LogP contribution is -2.25. The molecule has 0 spiro atoms. The Morgan fingerprint density at radius 1 is 0.724 bits per heavy atom. The molecule has 0 amide bonds. The predicted molar refractivity (Wildman–Crippen MR) is 111 cm³/mol. The van der Waals surface area contributed by atoms with Crippen molar-refractivity contribution in [1.29, 1.82) is 0 Å². The summed E-state index contributed by atoms with van der Waals surface area (Å²) in [6.45, 7) is 4.63. The van der Waals surface area contributed by atoms with Gasteiger partial charge in [0.05, 0.1) is 5.56 Å². The Morgan fingerprint density at radius 3 is 1.66 bits per heavy atom. The molecule has 29 heavy (non-hydrogen) atoms. The first-order valence-electron chi connectivity index (χ1n) is 9.89. The fraction of sp³-hybridized carbons (Fsp3) is 0.280. The van der Waals surface area contributed by atoms with Crippen LogP contribution in [0.25, 0.3) is 0 Å². The van der Waals surface area contributed by atoms with Crippen molar-refractivity contribution in [2.75, 3.05) is 6.54 Å². The van der Waals surface area contributed by atoms with E-state index in [0.717, 1.165) is 31.6 Å². The van der Waals surface area contributed by atoms with Crippen molar-refractivity contribution in [2.45, 2.75) is 38.5 Å². The van der Waals surface area contributed by atoms with E-state index in [1.807, 2.05) is 36.4 Å². The molecule has 3 aromatic rings. The van der Waals surface area contributed by atoms with Crippen LogP contribution in [0.1, 0.15) is 41.5 Å². The molecular weight excluding hydrogens is 371 g/mol. The van der Waals surface area contributed by atoms with Crippen molar-refractivity contribution in [3.8, 4) is 0 Å². The molecule has 0 bridgehead atoms. The summed E-state index contributed by atoms with van der Waals surface area (Å²) in [7, 11) is 0. The van der Waals surface area contributed by atoms with Crippen molar-refractivity contribution in [3.05, 3.63) is 107 Å². The molecule has 0 aliphatic heterocycles. The number of rotatable bonds is 8. The minimum absolute atomic E-state index is 0.186. The molecular formula is C25H26F3N. The number of hydrogen-bond acceptors (Lipinski definition) is 1. The molecule has 0 saturated heterocycles. The number of alkyl halides is 3.